The van der Waals surface area contributed by atoms with Crippen LogP contribution in [-0.2, 0) is 24.3 Å². The number of thiophene rings is 1. The van der Waals surface area contributed by atoms with Gasteiger partial charge in [-0.3, -0.25) is 9.79 Å². The summed E-state index contributed by atoms with van der Waals surface area (Å²) in [5.74, 6) is 0.918. The third kappa shape index (κ3) is 6.21. The van der Waals surface area contributed by atoms with Crippen molar-refractivity contribution in [1.82, 2.24) is 15.5 Å². The van der Waals surface area contributed by atoms with Gasteiger partial charge in [0.1, 0.15) is 0 Å². The van der Waals surface area contributed by atoms with Gasteiger partial charge < -0.3 is 15.5 Å². The van der Waals surface area contributed by atoms with E-state index in [1.807, 2.05) is 4.90 Å². The normalized spacial score (nSPS) is 13.6. The fourth-order valence-electron chi connectivity index (χ4n) is 3.14. The molecule has 1 aliphatic rings. The van der Waals surface area contributed by atoms with Gasteiger partial charge in [0.2, 0.25) is 5.91 Å². The number of fused-ring (bicyclic) bond motifs is 1. The highest BCUT2D eigenvalue weighted by molar-refractivity contribution is 14.0. The summed E-state index contributed by atoms with van der Waals surface area (Å²) in [7, 11) is 1.75. The number of aryl methyl sites for hydroxylation is 1. The van der Waals surface area contributed by atoms with Crippen molar-refractivity contribution in [1.29, 1.82) is 0 Å². The minimum atomic E-state index is 0. The van der Waals surface area contributed by atoms with Crippen molar-refractivity contribution in [3.8, 4) is 0 Å². The smallest absolute Gasteiger partial charge is 0.224 e. The summed E-state index contributed by atoms with van der Waals surface area (Å²) >= 11 is 1.79. The molecule has 2 N–H and O–H groups in total. The van der Waals surface area contributed by atoms with Gasteiger partial charge in [0.15, 0.2) is 5.96 Å². The van der Waals surface area contributed by atoms with Gasteiger partial charge in [-0.2, -0.15) is 0 Å². The molecule has 5 nitrogen and oxygen atoms in total. The van der Waals surface area contributed by atoms with Crippen LogP contribution in [0.25, 0.3) is 0 Å². The lowest BCUT2D eigenvalue weighted by Crippen LogP contribution is -2.40. The number of rotatable bonds is 5. The molecule has 0 saturated heterocycles. The Balaban J connectivity index is 0.00000261. The standard InChI is InChI=1S/C20H26N4OS.HI/c1-15-4-3-5-16(12-15)13-23-20(21-2)22-9-6-19(25)24-10-7-18-17(14-24)8-11-26-18;/h3-5,8,11-12H,6-7,9-10,13-14H2,1-2H3,(H2,21,22,23);1H. The average molecular weight is 498 g/mol. The van der Waals surface area contributed by atoms with Crippen molar-refractivity contribution in [2.24, 2.45) is 4.99 Å². The van der Waals surface area contributed by atoms with E-state index in [-0.39, 0.29) is 29.9 Å². The Labute approximate surface area is 182 Å². The number of hydrogen-bond donors (Lipinski definition) is 2. The molecule has 0 unspecified atom stereocenters. The number of benzene rings is 1. The van der Waals surface area contributed by atoms with Crippen LogP contribution in [0, 0.1) is 6.92 Å². The molecule has 0 spiro atoms. The van der Waals surface area contributed by atoms with Crippen molar-refractivity contribution in [3.63, 3.8) is 0 Å². The van der Waals surface area contributed by atoms with E-state index in [1.165, 1.54) is 21.6 Å². The van der Waals surface area contributed by atoms with Crippen molar-refractivity contribution in [2.45, 2.75) is 32.9 Å². The second kappa shape index (κ2) is 10.7. The summed E-state index contributed by atoms with van der Waals surface area (Å²) in [6.45, 7) is 4.95. The molecular weight excluding hydrogens is 471 g/mol. The predicted molar refractivity (Wildman–Crippen MR) is 123 cm³/mol. The highest BCUT2D eigenvalue weighted by Gasteiger charge is 2.20. The molecule has 1 aliphatic heterocycles. The van der Waals surface area contributed by atoms with E-state index < -0.39 is 0 Å². The number of aliphatic imine (C=N–C) groups is 1. The van der Waals surface area contributed by atoms with Crippen LogP contribution in [0.3, 0.4) is 0 Å². The first-order chi connectivity index (χ1) is 12.7. The molecule has 2 heterocycles. The number of guanidine groups is 1. The Hall–Kier alpha value is -1.61. The van der Waals surface area contributed by atoms with Crippen molar-refractivity contribution in [2.75, 3.05) is 20.1 Å². The summed E-state index contributed by atoms with van der Waals surface area (Å²) in [6.07, 6.45) is 1.45. The Kier molecular flexibility index (Phi) is 8.56. The predicted octanol–water partition coefficient (Wildman–Crippen LogP) is 3.31. The van der Waals surface area contributed by atoms with E-state index in [1.54, 1.807) is 18.4 Å². The van der Waals surface area contributed by atoms with Crippen LogP contribution in [0.4, 0.5) is 0 Å². The maximum atomic E-state index is 12.4. The Morgan fingerprint density at radius 1 is 1.30 bits per heavy atom. The topological polar surface area (TPSA) is 56.7 Å². The zero-order valence-electron chi connectivity index (χ0n) is 15.8. The lowest BCUT2D eigenvalue weighted by atomic mass is 10.1. The van der Waals surface area contributed by atoms with Gasteiger partial charge in [-0.1, -0.05) is 29.8 Å². The summed E-state index contributed by atoms with van der Waals surface area (Å²) in [5, 5.41) is 8.64. The molecule has 2 aromatic rings. The van der Waals surface area contributed by atoms with Crippen LogP contribution in [0.5, 0.6) is 0 Å². The van der Waals surface area contributed by atoms with Gasteiger partial charge in [0.25, 0.3) is 0 Å². The highest BCUT2D eigenvalue weighted by atomic mass is 127. The van der Waals surface area contributed by atoms with Gasteiger partial charge in [-0.05, 0) is 35.9 Å². The minimum Gasteiger partial charge on any atom is -0.356 e. The molecule has 0 bridgehead atoms. The molecular formula is C20H27IN4OS. The van der Waals surface area contributed by atoms with E-state index >= 15 is 0 Å². The van der Waals surface area contributed by atoms with Crippen LogP contribution in [0.15, 0.2) is 40.7 Å². The minimum absolute atomic E-state index is 0. The van der Waals surface area contributed by atoms with Gasteiger partial charge in [0, 0.05) is 44.5 Å². The van der Waals surface area contributed by atoms with E-state index in [0.717, 1.165) is 25.5 Å². The molecule has 0 atom stereocenters. The van der Waals surface area contributed by atoms with Crippen molar-refractivity contribution in [3.05, 3.63) is 57.3 Å². The third-order valence-corrected chi connectivity index (χ3v) is 5.58. The molecule has 0 aliphatic carbocycles. The molecule has 0 radical (unpaired) electrons. The highest BCUT2D eigenvalue weighted by Crippen LogP contribution is 2.24. The lowest BCUT2D eigenvalue weighted by Gasteiger charge is -2.27. The number of amides is 1. The van der Waals surface area contributed by atoms with E-state index in [0.29, 0.717) is 19.5 Å². The summed E-state index contributed by atoms with van der Waals surface area (Å²) < 4.78 is 0. The Morgan fingerprint density at radius 3 is 2.93 bits per heavy atom. The van der Waals surface area contributed by atoms with Crippen LogP contribution in [0.1, 0.15) is 28.0 Å². The maximum Gasteiger partial charge on any atom is 0.224 e. The number of nitrogens with one attached hydrogen (secondary N) is 2. The lowest BCUT2D eigenvalue weighted by molar-refractivity contribution is -0.131. The van der Waals surface area contributed by atoms with Gasteiger partial charge in [-0.15, -0.1) is 35.3 Å². The molecule has 1 aromatic carbocycles. The van der Waals surface area contributed by atoms with E-state index in [4.69, 9.17) is 0 Å². The van der Waals surface area contributed by atoms with Crippen LogP contribution >= 0.6 is 35.3 Å². The first-order valence-corrected chi connectivity index (χ1v) is 9.87. The fraction of sp³-hybridized carbons (Fsp3) is 0.400. The average Bonchev–Trinajstić information content (AvgIpc) is 3.12. The van der Waals surface area contributed by atoms with Gasteiger partial charge in [0.05, 0.1) is 0 Å². The molecule has 7 heteroatoms. The van der Waals surface area contributed by atoms with E-state index in [9.17, 15) is 4.79 Å². The Bertz CT molecular complexity index is 790. The van der Waals surface area contributed by atoms with Crippen molar-refractivity contribution < 1.29 is 4.79 Å². The zero-order chi connectivity index (χ0) is 18.4. The molecule has 1 amide bonds. The first kappa shape index (κ1) is 21.7. The number of carbonyl (C=O) groups is 1. The first-order valence-electron chi connectivity index (χ1n) is 8.99. The maximum absolute atomic E-state index is 12.4. The SMILES string of the molecule is CN=C(NCCC(=O)N1CCc2sccc2C1)NCc1cccc(C)c1.I. The quantitative estimate of drug-likeness (QED) is 0.378. The van der Waals surface area contributed by atoms with Crippen LogP contribution < -0.4 is 10.6 Å². The van der Waals surface area contributed by atoms with Crippen LogP contribution in [-0.4, -0.2) is 36.9 Å². The third-order valence-electron chi connectivity index (χ3n) is 4.56. The molecule has 1 aromatic heterocycles. The largest absolute Gasteiger partial charge is 0.356 e. The number of carbonyl (C=O) groups excluding carboxylic acids is 1. The summed E-state index contributed by atoms with van der Waals surface area (Å²) in [5.41, 5.74) is 3.76. The summed E-state index contributed by atoms with van der Waals surface area (Å²) in [6, 6.07) is 10.5. The van der Waals surface area contributed by atoms with Gasteiger partial charge >= 0.3 is 0 Å². The molecule has 146 valence electrons. The fourth-order valence-corrected chi connectivity index (χ4v) is 4.03. The number of halogens is 1. The van der Waals surface area contributed by atoms with E-state index in [2.05, 4.69) is 58.3 Å². The monoisotopic (exact) mass is 498 g/mol. The van der Waals surface area contributed by atoms with Crippen LogP contribution in [0.2, 0.25) is 0 Å². The van der Waals surface area contributed by atoms with Crippen molar-refractivity contribution >= 4 is 47.2 Å². The second-order valence-corrected chi connectivity index (χ2v) is 7.53. The van der Waals surface area contributed by atoms with Gasteiger partial charge in [-0.25, -0.2) is 0 Å². The second-order valence-electron chi connectivity index (χ2n) is 6.53. The number of hydrogen-bond acceptors (Lipinski definition) is 3. The summed E-state index contributed by atoms with van der Waals surface area (Å²) in [4.78, 5) is 20.1. The Morgan fingerprint density at radius 2 is 2.15 bits per heavy atom. The molecule has 0 saturated carbocycles. The molecule has 0 fully saturated rings. The zero-order valence-corrected chi connectivity index (χ0v) is 19.0. The molecule has 27 heavy (non-hydrogen) atoms. The molecule has 3 rings (SSSR count). The number of nitrogens with zero attached hydrogens (tertiary/aromatic N) is 2.